The molecule has 3 aromatic carbocycles. The average Bonchev–Trinajstić information content (AvgIpc) is 3.47. The molecule has 33 heavy (non-hydrogen) atoms. The summed E-state index contributed by atoms with van der Waals surface area (Å²) in [5, 5.41) is 4.44. The third kappa shape index (κ3) is 3.16. The van der Waals surface area contributed by atoms with Crippen molar-refractivity contribution in [2.24, 2.45) is 0 Å². The van der Waals surface area contributed by atoms with E-state index in [-0.39, 0.29) is 11.5 Å². The number of aryl methyl sites for hydroxylation is 1. The third-order valence-electron chi connectivity index (χ3n) is 5.80. The molecule has 1 amide bonds. The number of hydrogen-bond donors (Lipinski definition) is 0. The number of aromatic nitrogens is 3. The first-order valence-electron chi connectivity index (χ1n) is 10.6. The van der Waals surface area contributed by atoms with E-state index in [1.165, 1.54) is 15.9 Å². The van der Waals surface area contributed by atoms with Crippen LogP contribution in [0.2, 0.25) is 0 Å². The van der Waals surface area contributed by atoms with Gasteiger partial charge in [-0.2, -0.15) is 9.50 Å². The predicted octanol–water partition coefficient (Wildman–Crippen LogP) is 3.59. The van der Waals surface area contributed by atoms with Crippen molar-refractivity contribution >= 4 is 33.5 Å². The summed E-state index contributed by atoms with van der Waals surface area (Å²) in [6, 6.07) is 25.3. The van der Waals surface area contributed by atoms with E-state index in [9.17, 15) is 9.59 Å². The number of thiazole rings is 1. The van der Waals surface area contributed by atoms with Gasteiger partial charge in [-0.1, -0.05) is 89.7 Å². The zero-order chi connectivity index (χ0) is 22.5. The molecule has 0 atom stereocenters. The minimum Gasteiger partial charge on any atom is -0.303 e. The molecule has 1 aliphatic heterocycles. The summed E-state index contributed by atoms with van der Waals surface area (Å²) in [4.78, 5) is 33.6. The van der Waals surface area contributed by atoms with Crippen LogP contribution >= 0.6 is 11.3 Å². The van der Waals surface area contributed by atoms with Crippen LogP contribution in [-0.2, 0) is 11.3 Å². The second-order valence-electron chi connectivity index (χ2n) is 8.00. The van der Waals surface area contributed by atoms with E-state index in [0.29, 0.717) is 27.4 Å². The van der Waals surface area contributed by atoms with Gasteiger partial charge in [0.1, 0.15) is 4.53 Å². The van der Waals surface area contributed by atoms with Gasteiger partial charge in [0.15, 0.2) is 5.82 Å². The number of nitrogens with zero attached hydrogens (tertiary/aromatic N) is 4. The topological polar surface area (TPSA) is 67.6 Å². The van der Waals surface area contributed by atoms with Crippen molar-refractivity contribution in [3.05, 3.63) is 110 Å². The van der Waals surface area contributed by atoms with Crippen LogP contribution in [0.15, 0.2) is 83.7 Å². The van der Waals surface area contributed by atoms with E-state index >= 15 is 0 Å². The molecule has 160 valence electrons. The van der Waals surface area contributed by atoms with Gasteiger partial charge >= 0.3 is 0 Å². The lowest BCUT2D eigenvalue weighted by molar-refractivity contribution is -0.113. The van der Waals surface area contributed by atoms with E-state index in [2.05, 4.69) is 10.1 Å². The quantitative estimate of drug-likeness (QED) is 0.421. The van der Waals surface area contributed by atoms with Crippen LogP contribution in [0.4, 0.5) is 5.69 Å². The highest BCUT2D eigenvalue weighted by atomic mass is 32.1. The number of anilines is 1. The fraction of sp³-hybridized carbons (Fsp3) is 0.0769. The smallest absolute Gasteiger partial charge is 0.291 e. The van der Waals surface area contributed by atoms with Crippen molar-refractivity contribution in [1.82, 2.24) is 14.6 Å². The normalized spacial score (nSPS) is 14.8. The van der Waals surface area contributed by atoms with Gasteiger partial charge < -0.3 is 4.90 Å². The SMILES string of the molecule is Cc1ccc(-c2nc3s/c(=C4\C(=O)N(Cc5ccccc5)c5ccccc54)c(=O)n3n2)cc1. The van der Waals surface area contributed by atoms with Crippen molar-refractivity contribution in [2.45, 2.75) is 13.5 Å². The van der Waals surface area contributed by atoms with E-state index < -0.39 is 0 Å². The summed E-state index contributed by atoms with van der Waals surface area (Å²) in [6.07, 6.45) is 0. The summed E-state index contributed by atoms with van der Waals surface area (Å²) in [5.41, 5.74) is 4.68. The van der Waals surface area contributed by atoms with Crippen molar-refractivity contribution in [3.8, 4) is 11.4 Å². The van der Waals surface area contributed by atoms with Crippen LogP contribution in [0, 0.1) is 6.92 Å². The molecule has 0 saturated carbocycles. The number of hydrogen-bond acceptors (Lipinski definition) is 5. The molecule has 1 aliphatic rings. The van der Waals surface area contributed by atoms with E-state index in [1.807, 2.05) is 85.8 Å². The Morgan fingerprint density at radius 3 is 2.36 bits per heavy atom. The summed E-state index contributed by atoms with van der Waals surface area (Å²) >= 11 is 1.21. The van der Waals surface area contributed by atoms with Crippen LogP contribution < -0.4 is 15.0 Å². The van der Waals surface area contributed by atoms with Crippen LogP contribution in [0.25, 0.3) is 21.9 Å². The highest BCUT2D eigenvalue weighted by Gasteiger charge is 2.34. The average molecular weight is 451 g/mol. The molecular weight excluding hydrogens is 432 g/mol. The molecule has 5 aromatic rings. The van der Waals surface area contributed by atoms with E-state index in [4.69, 9.17) is 0 Å². The number of para-hydroxylation sites is 1. The Bertz CT molecular complexity index is 1640. The van der Waals surface area contributed by atoms with Gasteiger partial charge in [-0.25, -0.2) is 0 Å². The molecule has 3 heterocycles. The minimum absolute atomic E-state index is 0.180. The number of benzene rings is 3. The van der Waals surface area contributed by atoms with Gasteiger partial charge in [-0.3, -0.25) is 9.59 Å². The lowest BCUT2D eigenvalue weighted by Gasteiger charge is -2.17. The van der Waals surface area contributed by atoms with Crippen molar-refractivity contribution in [2.75, 3.05) is 4.90 Å². The van der Waals surface area contributed by atoms with Gasteiger partial charge in [0.05, 0.1) is 17.8 Å². The van der Waals surface area contributed by atoms with Crippen LogP contribution in [0.3, 0.4) is 0 Å². The molecule has 0 aliphatic carbocycles. The molecule has 0 spiro atoms. The summed E-state index contributed by atoms with van der Waals surface area (Å²) < 4.78 is 1.67. The van der Waals surface area contributed by atoms with Gasteiger partial charge in [0.2, 0.25) is 4.96 Å². The molecule has 0 bridgehead atoms. The highest BCUT2D eigenvalue weighted by molar-refractivity contribution is 7.15. The van der Waals surface area contributed by atoms with Crippen LogP contribution in [-0.4, -0.2) is 20.5 Å². The van der Waals surface area contributed by atoms with Gasteiger partial charge in [-0.15, -0.1) is 5.10 Å². The fourth-order valence-electron chi connectivity index (χ4n) is 4.13. The molecule has 0 saturated heterocycles. The van der Waals surface area contributed by atoms with Gasteiger partial charge in [0.25, 0.3) is 11.5 Å². The number of fused-ring (bicyclic) bond motifs is 2. The van der Waals surface area contributed by atoms with Gasteiger partial charge in [-0.05, 0) is 18.6 Å². The molecule has 6 nitrogen and oxygen atoms in total. The zero-order valence-electron chi connectivity index (χ0n) is 17.7. The first-order valence-corrected chi connectivity index (χ1v) is 11.4. The number of amides is 1. The first-order chi connectivity index (χ1) is 16.1. The Morgan fingerprint density at radius 2 is 1.61 bits per heavy atom. The molecule has 0 radical (unpaired) electrons. The Kier molecular flexibility index (Phi) is 4.45. The second-order valence-corrected chi connectivity index (χ2v) is 8.98. The molecular formula is C26H18N4O2S. The molecule has 0 unspecified atom stereocenters. The molecule has 0 fully saturated rings. The maximum absolute atomic E-state index is 13.5. The minimum atomic E-state index is -0.319. The molecule has 2 aromatic heterocycles. The van der Waals surface area contributed by atoms with Crippen molar-refractivity contribution in [1.29, 1.82) is 0 Å². The Hall–Kier alpha value is -4.10. The summed E-state index contributed by atoms with van der Waals surface area (Å²) in [6.45, 7) is 2.45. The highest BCUT2D eigenvalue weighted by Crippen LogP contribution is 2.36. The number of rotatable bonds is 3. The summed E-state index contributed by atoms with van der Waals surface area (Å²) in [7, 11) is 0. The lowest BCUT2D eigenvalue weighted by Crippen LogP contribution is -2.32. The number of carbonyl (C=O) groups is 1. The lowest BCUT2D eigenvalue weighted by atomic mass is 10.1. The largest absolute Gasteiger partial charge is 0.303 e. The zero-order valence-corrected chi connectivity index (χ0v) is 18.5. The van der Waals surface area contributed by atoms with Gasteiger partial charge in [0, 0.05) is 11.1 Å². The molecule has 6 rings (SSSR count). The van der Waals surface area contributed by atoms with Crippen LogP contribution in [0.1, 0.15) is 16.7 Å². The number of carbonyl (C=O) groups excluding carboxylic acids is 1. The standard InChI is InChI=1S/C26H18N4O2S/c1-16-11-13-18(14-12-16)23-27-26-30(28-23)25(32)22(33-26)21-19-9-5-6-10-20(19)29(24(21)31)15-17-7-3-2-4-8-17/h2-14H,15H2,1H3/b22-21-. The maximum Gasteiger partial charge on any atom is 0.291 e. The Balaban J connectivity index is 1.50. The third-order valence-corrected chi connectivity index (χ3v) is 6.83. The predicted molar refractivity (Wildman–Crippen MR) is 129 cm³/mol. The Morgan fingerprint density at radius 1 is 0.879 bits per heavy atom. The van der Waals surface area contributed by atoms with Crippen LogP contribution in [0.5, 0.6) is 0 Å². The van der Waals surface area contributed by atoms with Crippen molar-refractivity contribution in [3.63, 3.8) is 0 Å². The van der Waals surface area contributed by atoms with E-state index in [0.717, 1.165) is 27.9 Å². The second kappa shape index (κ2) is 7.50. The van der Waals surface area contributed by atoms with Crippen molar-refractivity contribution < 1.29 is 4.79 Å². The monoisotopic (exact) mass is 450 g/mol. The first kappa shape index (κ1) is 19.6. The van der Waals surface area contributed by atoms with E-state index in [1.54, 1.807) is 4.90 Å². The molecule has 0 N–H and O–H groups in total. The maximum atomic E-state index is 13.5. The fourth-order valence-corrected chi connectivity index (χ4v) is 5.13. The Labute approximate surface area is 193 Å². The summed E-state index contributed by atoms with van der Waals surface area (Å²) in [5.74, 6) is 0.319. The molecule has 7 heteroatoms.